The van der Waals surface area contributed by atoms with Gasteiger partial charge in [0, 0.05) is 12.6 Å². The van der Waals surface area contributed by atoms with E-state index < -0.39 is 10.0 Å². The van der Waals surface area contributed by atoms with Crippen LogP contribution in [-0.2, 0) is 10.0 Å². The number of nitriles is 1. The molecule has 0 aliphatic carbocycles. The van der Waals surface area contributed by atoms with E-state index in [1.807, 2.05) is 13.0 Å². The molecule has 0 spiro atoms. The van der Waals surface area contributed by atoms with E-state index >= 15 is 0 Å². The Morgan fingerprint density at radius 2 is 2.21 bits per heavy atom. The van der Waals surface area contributed by atoms with Crippen LogP contribution in [0.5, 0.6) is 0 Å². The van der Waals surface area contributed by atoms with Gasteiger partial charge in [0.05, 0.1) is 16.5 Å². The van der Waals surface area contributed by atoms with Crippen LogP contribution in [0.4, 0.5) is 0 Å². The van der Waals surface area contributed by atoms with E-state index in [9.17, 15) is 8.42 Å². The lowest BCUT2D eigenvalue weighted by atomic mass is 10.2. The van der Waals surface area contributed by atoms with Gasteiger partial charge in [-0.05, 0) is 43.9 Å². The van der Waals surface area contributed by atoms with Crippen molar-refractivity contribution in [2.45, 2.75) is 44.0 Å². The molecule has 1 aliphatic heterocycles. The summed E-state index contributed by atoms with van der Waals surface area (Å²) in [7, 11) is -3.48. The maximum Gasteiger partial charge on any atom is 0.243 e. The van der Waals surface area contributed by atoms with Gasteiger partial charge in [-0.1, -0.05) is 13.0 Å². The van der Waals surface area contributed by atoms with E-state index in [4.69, 9.17) is 5.26 Å². The molecule has 4 nitrogen and oxygen atoms in total. The summed E-state index contributed by atoms with van der Waals surface area (Å²) in [5.41, 5.74) is 1.08. The first-order valence-corrected chi connectivity index (χ1v) is 7.97. The number of sulfonamides is 1. The largest absolute Gasteiger partial charge is 0.243 e. The van der Waals surface area contributed by atoms with Crippen LogP contribution in [0.2, 0.25) is 0 Å². The Kier molecular flexibility index (Phi) is 3.93. The maximum absolute atomic E-state index is 12.7. The fraction of sp³-hybridized carbons (Fsp3) is 0.500. The molecule has 0 aromatic heterocycles. The third-order valence-electron chi connectivity index (χ3n) is 3.70. The van der Waals surface area contributed by atoms with Crippen LogP contribution in [0, 0.1) is 18.3 Å². The van der Waals surface area contributed by atoms with Crippen molar-refractivity contribution >= 4 is 10.0 Å². The Bertz CT molecular complexity index is 617. The van der Waals surface area contributed by atoms with Gasteiger partial charge in [0.2, 0.25) is 10.0 Å². The summed E-state index contributed by atoms with van der Waals surface area (Å²) in [6.07, 6.45) is 2.66. The average molecular weight is 278 g/mol. The summed E-state index contributed by atoms with van der Waals surface area (Å²) in [6.45, 7) is 4.36. The van der Waals surface area contributed by atoms with E-state index in [0.29, 0.717) is 17.7 Å². The smallest absolute Gasteiger partial charge is 0.207 e. The molecule has 1 saturated heterocycles. The molecule has 0 bridgehead atoms. The molecule has 5 heteroatoms. The van der Waals surface area contributed by atoms with Crippen LogP contribution in [0.15, 0.2) is 23.1 Å². The lowest BCUT2D eigenvalue weighted by Crippen LogP contribution is -2.35. The third kappa shape index (κ3) is 2.51. The van der Waals surface area contributed by atoms with E-state index in [1.165, 1.54) is 6.07 Å². The first-order valence-electron chi connectivity index (χ1n) is 6.53. The molecule has 1 aromatic carbocycles. The molecule has 0 N–H and O–H groups in total. The molecular formula is C14H18N2O2S. The molecule has 0 amide bonds. The van der Waals surface area contributed by atoms with Gasteiger partial charge in [0.25, 0.3) is 0 Å². The van der Waals surface area contributed by atoms with Crippen molar-refractivity contribution in [1.29, 1.82) is 5.26 Å². The van der Waals surface area contributed by atoms with Crippen LogP contribution < -0.4 is 0 Å². The summed E-state index contributed by atoms with van der Waals surface area (Å²) in [5, 5.41) is 8.92. The number of nitrogens with zero attached hydrogens (tertiary/aromatic N) is 2. The van der Waals surface area contributed by atoms with Crippen molar-refractivity contribution in [1.82, 2.24) is 4.31 Å². The predicted octanol–water partition coefficient (Wildman–Crippen LogP) is 2.43. The number of aryl methyl sites for hydroxylation is 1. The van der Waals surface area contributed by atoms with Crippen molar-refractivity contribution in [3.8, 4) is 6.07 Å². The van der Waals surface area contributed by atoms with Crippen LogP contribution in [-0.4, -0.2) is 25.3 Å². The molecule has 1 heterocycles. The third-order valence-corrected chi connectivity index (χ3v) is 5.79. The van der Waals surface area contributed by atoms with Crippen LogP contribution >= 0.6 is 0 Å². The standard InChI is InChI=1S/C14H18N2O2S/c1-3-13-5-4-8-16(13)19(17,18)14-9-12(10-15)7-6-11(14)2/h6-7,9,13H,3-5,8H2,1-2H3. The fourth-order valence-electron chi connectivity index (χ4n) is 2.61. The molecule has 0 saturated carbocycles. The number of hydrogen-bond acceptors (Lipinski definition) is 3. The van der Waals surface area contributed by atoms with Crippen molar-refractivity contribution in [3.63, 3.8) is 0 Å². The van der Waals surface area contributed by atoms with Gasteiger partial charge in [-0.15, -0.1) is 0 Å². The van der Waals surface area contributed by atoms with E-state index in [-0.39, 0.29) is 10.9 Å². The average Bonchev–Trinajstić information content (AvgIpc) is 2.88. The molecule has 102 valence electrons. The van der Waals surface area contributed by atoms with Crippen molar-refractivity contribution in [2.75, 3.05) is 6.54 Å². The quantitative estimate of drug-likeness (QED) is 0.853. The van der Waals surface area contributed by atoms with Gasteiger partial charge in [0.1, 0.15) is 0 Å². The summed E-state index contributed by atoms with van der Waals surface area (Å²) in [6, 6.07) is 6.92. The maximum atomic E-state index is 12.7. The molecule has 19 heavy (non-hydrogen) atoms. The minimum absolute atomic E-state index is 0.0927. The van der Waals surface area contributed by atoms with Crippen LogP contribution in [0.25, 0.3) is 0 Å². The van der Waals surface area contributed by atoms with Crippen molar-refractivity contribution < 1.29 is 8.42 Å². The summed E-state index contributed by atoms with van der Waals surface area (Å²) in [4.78, 5) is 0.270. The summed E-state index contributed by atoms with van der Waals surface area (Å²) < 4.78 is 27.0. The normalized spacial score (nSPS) is 20.4. The molecule has 1 aromatic rings. The molecule has 0 radical (unpaired) electrons. The zero-order valence-corrected chi connectivity index (χ0v) is 12.1. The first kappa shape index (κ1) is 14.0. The Morgan fingerprint density at radius 3 is 2.84 bits per heavy atom. The second-order valence-corrected chi connectivity index (χ2v) is 6.77. The van der Waals surface area contributed by atoms with Crippen LogP contribution in [0.3, 0.4) is 0 Å². The number of rotatable bonds is 3. The highest BCUT2D eigenvalue weighted by atomic mass is 32.2. The van der Waals surface area contributed by atoms with Gasteiger partial charge < -0.3 is 0 Å². The lowest BCUT2D eigenvalue weighted by Gasteiger charge is -2.23. The summed E-state index contributed by atoms with van der Waals surface area (Å²) >= 11 is 0. The van der Waals surface area contributed by atoms with Gasteiger partial charge in [-0.2, -0.15) is 9.57 Å². The highest BCUT2D eigenvalue weighted by Gasteiger charge is 2.34. The Morgan fingerprint density at radius 1 is 1.47 bits per heavy atom. The minimum atomic E-state index is -3.48. The molecule has 1 fully saturated rings. The van der Waals surface area contributed by atoms with Crippen molar-refractivity contribution in [2.24, 2.45) is 0 Å². The minimum Gasteiger partial charge on any atom is -0.207 e. The monoisotopic (exact) mass is 278 g/mol. The highest BCUT2D eigenvalue weighted by molar-refractivity contribution is 7.89. The Hall–Kier alpha value is -1.38. The predicted molar refractivity (Wildman–Crippen MR) is 73.1 cm³/mol. The topological polar surface area (TPSA) is 61.2 Å². The SMILES string of the molecule is CCC1CCCN1S(=O)(=O)c1cc(C#N)ccc1C. The van der Waals surface area contributed by atoms with E-state index in [0.717, 1.165) is 19.3 Å². The number of benzene rings is 1. The molecular weight excluding hydrogens is 260 g/mol. The molecule has 1 atom stereocenters. The second-order valence-electron chi connectivity index (χ2n) is 4.91. The molecule has 2 rings (SSSR count). The number of hydrogen-bond donors (Lipinski definition) is 0. The fourth-order valence-corrected chi connectivity index (χ4v) is 4.63. The zero-order valence-electron chi connectivity index (χ0n) is 11.3. The van der Waals surface area contributed by atoms with Crippen molar-refractivity contribution in [3.05, 3.63) is 29.3 Å². The Labute approximate surface area is 114 Å². The van der Waals surface area contributed by atoms with Crippen LogP contribution in [0.1, 0.15) is 37.3 Å². The van der Waals surface area contributed by atoms with E-state index in [1.54, 1.807) is 23.4 Å². The van der Waals surface area contributed by atoms with E-state index in [2.05, 4.69) is 0 Å². The Balaban J connectivity index is 2.48. The molecule has 1 unspecified atom stereocenters. The van der Waals surface area contributed by atoms with Gasteiger partial charge >= 0.3 is 0 Å². The van der Waals surface area contributed by atoms with Gasteiger partial charge in [0.15, 0.2) is 0 Å². The highest BCUT2D eigenvalue weighted by Crippen LogP contribution is 2.29. The summed E-state index contributed by atoms with van der Waals surface area (Å²) in [5.74, 6) is 0. The lowest BCUT2D eigenvalue weighted by molar-refractivity contribution is 0.379. The molecule has 1 aliphatic rings. The van der Waals surface area contributed by atoms with Gasteiger partial charge in [-0.25, -0.2) is 8.42 Å². The van der Waals surface area contributed by atoms with Gasteiger partial charge in [-0.3, -0.25) is 0 Å². The zero-order chi connectivity index (χ0) is 14.0. The first-order chi connectivity index (χ1) is 9.00. The second kappa shape index (κ2) is 5.32.